The lowest BCUT2D eigenvalue weighted by atomic mass is 10.00. The highest BCUT2D eigenvalue weighted by atomic mass is 15.3. The van der Waals surface area contributed by atoms with Crippen molar-refractivity contribution in [1.29, 1.82) is 0 Å². The second kappa shape index (κ2) is 3.34. The highest BCUT2D eigenvalue weighted by molar-refractivity contribution is 5.71. The predicted octanol–water partition coefficient (Wildman–Crippen LogP) is -0.0294. The molecule has 6 nitrogen and oxygen atoms in total. The summed E-state index contributed by atoms with van der Waals surface area (Å²) in [4.78, 5) is 4.01. The first kappa shape index (κ1) is 9.41. The lowest BCUT2D eigenvalue weighted by Crippen LogP contribution is -2.09. The number of nitrogen functional groups attached to an aromatic ring is 2. The number of hydrogen-bond donors (Lipinski definition) is 3. The Morgan fingerprint density at radius 3 is 3.06 bits per heavy atom. The molecule has 0 bridgehead atoms. The van der Waals surface area contributed by atoms with Crippen LogP contribution in [-0.4, -0.2) is 27.7 Å². The van der Waals surface area contributed by atoms with Gasteiger partial charge < -0.3 is 16.8 Å². The summed E-state index contributed by atoms with van der Waals surface area (Å²) >= 11 is 0. The normalized spacial score (nSPS) is 20.6. The second-order valence-corrected chi connectivity index (χ2v) is 4.11. The standard InChI is InChI=1S/C10H14N6/c11-9-8-7(6-1-3-13-5-6)2-4-16(8)15-10(12)14-9/h2,4,6,13H,1,3,5H2,(H4,11,12,14,15)/t6-/m0/s1. The van der Waals surface area contributed by atoms with Gasteiger partial charge in [0.15, 0.2) is 5.82 Å². The van der Waals surface area contributed by atoms with Crippen LogP contribution in [-0.2, 0) is 0 Å². The average Bonchev–Trinajstić information content (AvgIpc) is 2.82. The van der Waals surface area contributed by atoms with Gasteiger partial charge in [-0.15, -0.1) is 5.10 Å². The molecule has 0 saturated carbocycles. The first-order chi connectivity index (χ1) is 7.75. The maximum atomic E-state index is 5.90. The summed E-state index contributed by atoms with van der Waals surface area (Å²) in [6.07, 6.45) is 3.01. The summed E-state index contributed by atoms with van der Waals surface area (Å²) in [5.74, 6) is 1.16. The van der Waals surface area contributed by atoms with Gasteiger partial charge >= 0.3 is 0 Å². The number of nitrogens with two attached hydrogens (primary N) is 2. The Kier molecular flexibility index (Phi) is 1.97. The Labute approximate surface area is 92.6 Å². The molecule has 0 aliphatic carbocycles. The molecule has 2 aromatic heterocycles. The molecule has 3 heterocycles. The zero-order valence-electron chi connectivity index (χ0n) is 8.85. The van der Waals surface area contributed by atoms with Gasteiger partial charge in [-0.2, -0.15) is 4.98 Å². The Hall–Kier alpha value is -1.82. The summed E-state index contributed by atoms with van der Waals surface area (Å²) in [7, 11) is 0. The average molecular weight is 218 g/mol. The van der Waals surface area contributed by atoms with Gasteiger partial charge in [-0.25, -0.2) is 4.52 Å². The van der Waals surface area contributed by atoms with Gasteiger partial charge in [0.25, 0.3) is 0 Å². The van der Waals surface area contributed by atoms with Crippen molar-refractivity contribution in [1.82, 2.24) is 19.9 Å². The number of fused-ring (bicyclic) bond motifs is 1. The van der Waals surface area contributed by atoms with E-state index in [0.29, 0.717) is 11.7 Å². The van der Waals surface area contributed by atoms with E-state index in [9.17, 15) is 0 Å². The molecule has 1 atom stereocenters. The molecule has 2 aromatic rings. The van der Waals surface area contributed by atoms with E-state index in [0.717, 1.165) is 25.0 Å². The van der Waals surface area contributed by atoms with Crippen molar-refractivity contribution in [3.63, 3.8) is 0 Å². The molecule has 84 valence electrons. The van der Waals surface area contributed by atoms with Crippen LogP contribution in [0.1, 0.15) is 17.9 Å². The van der Waals surface area contributed by atoms with E-state index >= 15 is 0 Å². The number of nitrogens with zero attached hydrogens (tertiary/aromatic N) is 3. The van der Waals surface area contributed by atoms with Crippen molar-refractivity contribution in [3.05, 3.63) is 17.8 Å². The topological polar surface area (TPSA) is 94.3 Å². The summed E-state index contributed by atoms with van der Waals surface area (Å²) in [6.45, 7) is 2.04. The zero-order chi connectivity index (χ0) is 11.1. The van der Waals surface area contributed by atoms with E-state index in [2.05, 4.69) is 21.5 Å². The van der Waals surface area contributed by atoms with E-state index in [1.165, 1.54) is 5.56 Å². The zero-order valence-corrected chi connectivity index (χ0v) is 8.85. The van der Waals surface area contributed by atoms with E-state index in [4.69, 9.17) is 11.5 Å². The molecule has 0 amide bonds. The molecule has 0 unspecified atom stereocenters. The Balaban J connectivity index is 2.18. The second-order valence-electron chi connectivity index (χ2n) is 4.11. The van der Waals surface area contributed by atoms with E-state index in [1.54, 1.807) is 4.52 Å². The summed E-state index contributed by atoms with van der Waals surface area (Å²) in [5.41, 5.74) is 13.6. The van der Waals surface area contributed by atoms with E-state index in [1.807, 2.05) is 6.20 Å². The van der Waals surface area contributed by atoms with Crippen LogP contribution in [0, 0.1) is 0 Å². The largest absolute Gasteiger partial charge is 0.382 e. The predicted molar refractivity (Wildman–Crippen MR) is 62.0 cm³/mol. The monoisotopic (exact) mass is 218 g/mol. The van der Waals surface area contributed by atoms with Crippen LogP contribution in [0.4, 0.5) is 11.8 Å². The molecule has 6 heteroatoms. The fourth-order valence-electron chi connectivity index (χ4n) is 2.34. The van der Waals surface area contributed by atoms with Crippen molar-refractivity contribution < 1.29 is 0 Å². The number of anilines is 2. The quantitative estimate of drug-likeness (QED) is 0.625. The Morgan fingerprint density at radius 2 is 2.31 bits per heavy atom. The highest BCUT2D eigenvalue weighted by Gasteiger charge is 2.21. The molecule has 3 rings (SSSR count). The van der Waals surface area contributed by atoms with Crippen LogP contribution in [0.15, 0.2) is 12.3 Å². The molecule has 0 spiro atoms. The molecule has 1 saturated heterocycles. The minimum absolute atomic E-state index is 0.205. The molecule has 0 radical (unpaired) electrons. The molecule has 1 aliphatic heterocycles. The molecule has 5 N–H and O–H groups in total. The summed E-state index contributed by atoms with van der Waals surface area (Å²) in [5, 5.41) is 7.45. The molecule has 1 aliphatic rings. The van der Waals surface area contributed by atoms with Crippen LogP contribution < -0.4 is 16.8 Å². The number of hydrogen-bond acceptors (Lipinski definition) is 5. The van der Waals surface area contributed by atoms with Crippen LogP contribution in [0.25, 0.3) is 5.52 Å². The highest BCUT2D eigenvalue weighted by Crippen LogP contribution is 2.29. The Bertz CT molecular complexity index is 525. The lowest BCUT2D eigenvalue weighted by Gasteiger charge is -2.08. The minimum atomic E-state index is 0.205. The summed E-state index contributed by atoms with van der Waals surface area (Å²) in [6, 6.07) is 2.05. The van der Waals surface area contributed by atoms with Crippen LogP contribution >= 0.6 is 0 Å². The van der Waals surface area contributed by atoms with E-state index in [-0.39, 0.29) is 5.95 Å². The fourth-order valence-corrected chi connectivity index (χ4v) is 2.34. The fraction of sp³-hybridized carbons (Fsp3) is 0.400. The van der Waals surface area contributed by atoms with E-state index < -0.39 is 0 Å². The van der Waals surface area contributed by atoms with Gasteiger partial charge in [-0.3, -0.25) is 0 Å². The maximum Gasteiger partial charge on any atom is 0.240 e. The van der Waals surface area contributed by atoms with Crippen molar-refractivity contribution in [2.24, 2.45) is 0 Å². The SMILES string of the molecule is Nc1nc(N)c2c([C@H]3CCNC3)ccn2n1. The third-order valence-electron chi connectivity index (χ3n) is 3.09. The van der Waals surface area contributed by atoms with Crippen molar-refractivity contribution in [2.75, 3.05) is 24.6 Å². The molecular weight excluding hydrogens is 204 g/mol. The summed E-state index contributed by atoms with van der Waals surface area (Å²) < 4.78 is 1.71. The lowest BCUT2D eigenvalue weighted by molar-refractivity contribution is 0.768. The first-order valence-electron chi connectivity index (χ1n) is 5.36. The van der Waals surface area contributed by atoms with Crippen LogP contribution in [0.3, 0.4) is 0 Å². The van der Waals surface area contributed by atoms with Gasteiger partial charge in [0, 0.05) is 12.7 Å². The maximum absolute atomic E-state index is 5.90. The van der Waals surface area contributed by atoms with Crippen molar-refractivity contribution >= 4 is 17.3 Å². The molecule has 16 heavy (non-hydrogen) atoms. The Morgan fingerprint density at radius 1 is 1.44 bits per heavy atom. The third-order valence-corrected chi connectivity index (χ3v) is 3.09. The van der Waals surface area contributed by atoms with Gasteiger partial charge in [0.2, 0.25) is 5.95 Å². The molecular formula is C10H14N6. The smallest absolute Gasteiger partial charge is 0.240 e. The van der Waals surface area contributed by atoms with Gasteiger partial charge in [-0.1, -0.05) is 0 Å². The van der Waals surface area contributed by atoms with Crippen molar-refractivity contribution in [2.45, 2.75) is 12.3 Å². The number of aromatic nitrogens is 3. The van der Waals surface area contributed by atoms with Crippen LogP contribution in [0.2, 0.25) is 0 Å². The minimum Gasteiger partial charge on any atom is -0.382 e. The number of nitrogens with one attached hydrogen (secondary N) is 1. The first-order valence-corrected chi connectivity index (χ1v) is 5.36. The van der Waals surface area contributed by atoms with Gasteiger partial charge in [0.05, 0.1) is 0 Å². The molecule has 0 aromatic carbocycles. The van der Waals surface area contributed by atoms with Crippen LogP contribution in [0.5, 0.6) is 0 Å². The van der Waals surface area contributed by atoms with Gasteiger partial charge in [-0.05, 0) is 30.5 Å². The number of rotatable bonds is 1. The molecule has 1 fully saturated rings. The third kappa shape index (κ3) is 1.30. The van der Waals surface area contributed by atoms with Gasteiger partial charge in [0.1, 0.15) is 5.52 Å². The van der Waals surface area contributed by atoms with Crippen molar-refractivity contribution in [3.8, 4) is 0 Å².